The number of nitrogens with one attached hydrogen (secondary N) is 1. The van der Waals surface area contributed by atoms with Gasteiger partial charge in [0.05, 0.1) is 12.3 Å². The maximum atomic E-state index is 5.77. The Hall–Kier alpha value is -1.18. The van der Waals surface area contributed by atoms with Crippen molar-refractivity contribution < 1.29 is 4.74 Å². The van der Waals surface area contributed by atoms with Crippen LogP contribution in [0.5, 0.6) is 5.75 Å². The second kappa shape index (κ2) is 6.83. The van der Waals surface area contributed by atoms with Crippen LogP contribution in [0.25, 0.3) is 0 Å². The third-order valence-corrected chi connectivity index (χ3v) is 4.21. The van der Waals surface area contributed by atoms with Gasteiger partial charge in [-0.1, -0.05) is 32.3 Å². The van der Waals surface area contributed by atoms with E-state index in [9.17, 15) is 0 Å². The van der Waals surface area contributed by atoms with Gasteiger partial charge in [0.1, 0.15) is 5.75 Å². The zero-order chi connectivity index (χ0) is 13.7. The lowest BCUT2D eigenvalue weighted by atomic mass is 9.83. The zero-order valence-corrected chi connectivity index (χ0v) is 12.5. The van der Waals surface area contributed by atoms with E-state index in [0.717, 1.165) is 24.0 Å². The molecule has 106 valence electrons. The van der Waals surface area contributed by atoms with Crippen molar-refractivity contribution in [2.45, 2.75) is 58.9 Å². The van der Waals surface area contributed by atoms with Crippen molar-refractivity contribution in [3.63, 3.8) is 0 Å². The molecule has 0 bridgehead atoms. The Labute approximate surface area is 117 Å². The summed E-state index contributed by atoms with van der Waals surface area (Å²) in [6.45, 7) is 7.19. The maximum absolute atomic E-state index is 5.77. The van der Waals surface area contributed by atoms with E-state index in [1.807, 2.05) is 6.92 Å². The molecule has 0 amide bonds. The Morgan fingerprint density at radius 3 is 2.74 bits per heavy atom. The van der Waals surface area contributed by atoms with Gasteiger partial charge < -0.3 is 10.1 Å². The fraction of sp³-hybridized carbons (Fsp3) is 0.647. The molecule has 1 aliphatic rings. The van der Waals surface area contributed by atoms with E-state index in [-0.39, 0.29) is 0 Å². The largest absolute Gasteiger partial charge is 0.492 e. The molecule has 1 N–H and O–H groups in total. The molecule has 1 aliphatic carbocycles. The van der Waals surface area contributed by atoms with Crippen LogP contribution in [-0.4, -0.2) is 12.6 Å². The average molecular weight is 261 g/mol. The molecule has 2 unspecified atom stereocenters. The summed E-state index contributed by atoms with van der Waals surface area (Å²) < 4.78 is 5.77. The third-order valence-electron chi connectivity index (χ3n) is 4.21. The van der Waals surface area contributed by atoms with Crippen molar-refractivity contribution in [2.75, 3.05) is 11.9 Å². The highest BCUT2D eigenvalue weighted by molar-refractivity contribution is 5.58. The molecule has 1 fully saturated rings. The minimum Gasteiger partial charge on any atom is -0.492 e. The minimum atomic E-state index is 0.612. The molecule has 0 aliphatic heterocycles. The molecule has 2 nitrogen and oxygen atoms in total. The zero-order valence-electron chi connectivity index (χ0n) is 12.5. The van der Waals surface area contributed by atoms with Gasteiger partial charge in [-0.15, -0.1) is 0 Å². The fourth-order valence-electron chi connectivity index (χ4n) is 3.11. The summed E-state index contributed by atoms with van der Waals surface area (Å²) in [4.78, 5) is 0. The van der Waals surface area contributed by atoms with Crippen molar-refractivity contribution in [2.24, 2.45) is 5.92 Å². The number of hydrogen-bond acceptors (Lipinski definition) is 2. The summed E-state index contributed by atoms with van der Waals surface area (Å²) in [6, 6.07) is 7.08. The van der Waals surface area contributed by atoms with Crippen LogP contribution in [0.15, 0.2) is 18.2 Å². The van der Waals surface area contributed by atoms with E-state index in [1.54, 1.807) is 0 Å². The highest BCUT2D eigenvalue weighted by Gasteiger charge is 2.24. The first kappa shape index (κ1) is 14.2. The molecule has 19 heavy (non-hydrogen) atoms. The first-order valence-electron chi connectivity index (χ1n) is 7.74. The van der Waals surface area contributed by atoms with Gasteiger partial charge in [0, 0.05) is 6.04 Å². The van der Waals surface area contributed by atoms with E-state index >= 15 is 0 Å². The van der Waals surface area contributed by atoms with Gasteiger partial charge in [-0.05, 0) is 50.3 Å². The lowest BCUT2D eigenvalue weighted by Crippen LogP contribution is -2.31. The summed E-state index contributed by atoms with van der Waals surface area (Å²) >= 11 is 0. The van der Waals surface area contributed by atoms with E-state index in [2.05, 4.69) is 37.4 Å². The number of benzene rings is 1. The van der Waals surface area contributed by atoms with Crippen molar-refractivity contribution in [3.05, 3.63) is 23.8 Å². The van der Waals surface area contributed by atoms with Crippen LogP contribution >= 0.6 is 0 Å². The van der Waals surface area contributed by atoms with Crippen molar-refractivity contribution in [1.29, 1.82) is 0 Å². The van der Waals surface area contributed by atoms with Gasteiger partial charge >= 0.3 is 0 Å². The number of ether oxygens (including phenoxy) is 1. The summed E-state index contributed by atoms with van der Waals surface area (Å²) in [7, 11) is 0. The van der Waals surface area contributed by atoms with Crippen LogP contribution in [0.2, 0.25) is 0 Å². The van der Waals surface area contributed by atoms with E-state index in [0.29, 0.717) is 6.04 Å². The first-order valence-corrected chi connectivity index (χ1v) is 7.74. The predicted molar refractivity (Wildman–Crippen MR) is 82.0 cm³/mol. The minimum absolute atomic E-state index is 0.612. The van der Waals surface area contributed by atoms with Crippen molar-refractivity contribution in [3.8, 4) is 5.75 Å². The Balaban J connectivity index is 2.12. The molecular formula is C17H27NO. The molecule has 0 saturated heterocycles. The summed E-state index contributed by atoms with van der Waals surface area (Å²) in [5.41, 5.74) is 2.42. The lowest BCUT2D eigenvalue weighted by molar-refractivity contribution is 0.313. The number of hydrogen-bond donors (Lipinski definition) is 1. The summed E-state index contributed by atoms with van der Waals surface area (Å²) in [5, 5.41) is 3.74. The summed E-state index contributed by atoms with van der Waals surface area (Å²) in [5.74, 6) is 1.81. The van der Waals surface area contributed by atoms with Gasteiger partial charge in [0.15, 0.2) is 0 Å². The molecule has 0 radical (unpaired) electrons. The van der Waals surface area contributed by atoms with Crippen LogP contribution in [0, 0.1) is 12.8 Å². The Bertz CT molecular complexity index is 402. The second-order valence-electron chi connectivity index (χ2n) is 5.64. The Morgan fingerprint density at radius 1 is 1.21 bits per heavy atom. The van der Waals surface area contributed by atoms with Crippen LogP contribution in [0.3, 0.4) is 0 Å². The van der Waals surface area contributed by atoms with E-state index in [1.165, 1.54) is 37.7 Å². The third kappa shape index (κ3) is 3.65. The molecule has 1 aromatic carbocycles. The van der Waals surface area contributed by atoms with Gasteiger partial charge in [-0.3, -0.25) is 0 Å². The molecular weight excluding hydrogens is 234 g/mol. The van der Waals surface area contributed by atoms with Gasteiger partial charge in [-0.25, -0.2) is 0 Å². The molecule has 1 aromatic rings. The summed E-state index contributed by atoms with van der Waals surface area (Å²) in [6.07, 6.45) is 6.67. The highest BCUT2D eigenvalue weighted by Crippen LogP contribution is 2.33. The molecule has 2 atom stereocenters. The fourth-order valence-corrected chi connectivity index (χ4v) is 3.11. The first-order chi connectivity index (χ1) is 9.24. The number of aryl methyl sites for hydroxylation is 1. The Kier molecular flexibility index (Phi) is 5.12. The van der Waals surface area contributed by atoms with Gasteiger partial charge in [0.2, 0.25) is 0 Å². The van der Waals surface area contributed by atoms with Crippen molar-refractivity contribution >= 4 is 5.69 Å². The lowest BCUT2D eigenvalue weighted by Gasteiger charge is -2.32. The van der Waals surface area contributed by atoms with Gasteiger partial charge in [-0.2, -0.15) is 0 Å². The Morgan fingerprint density at radius 2 is 2.00 bits per heavy atom. The van der Waals surface area contributed by atoms with Crippen LogP contribution in [0.4, 0.5) is 5.69 Å². The van der Waals surface area contributed by atoms with Crippen LogP contribution < -0.4 is 10.1 Å². The smallest absolute Gasteiger partial charge is 0.142 e. The van der Waals surface area contributed by atoms with Gasteiger partial charge in [0.25, 0.3) is 0 Å². The molecule has 0 aromatic heterocycles. The maximum Gasteiger partial charge on any atom is 0.142 e. The average Bonchev–Trinajstić information content (AvgIpc) is 2.43. The number of anilines is 1. The van der Waals surface area contributed by atoms with Crippen LogP contribution in [-0.2, 0) is 0 Å². The molecule has 0 heterocycles. The second-order valence-corrected chi connectivity index (χ2v) is 5.64. The molecule has 2 heteroatoms. The SMILES string of the molecule is CCOc1cc(C)ccc1NC1CCCCC1CC. The van der Waals surface area contributed by atoms with E-state index in [4.69, 9.17) is 4.74 Å². The molecule has 1 saturated carbocycles. The van der Waals surface area contributed by atoms with Crippen LogP contribution in [0.1, 0.15) is 51.5 Å². The monoisotopic (exact) mass is 261 g/mol. The standard InChI is InChI=1S/C17H27NO/c1-4-14-8-6-7-9-15(14)18-16-11-10-13(3)12-17(16)19-5-2/h10-12,14-15,18H,4-9H2,1-3H3. The topological polar surface area (TPSA) is 21.3 Å². The quantitative estimate of drug-likeness (QED) is 0.824. The molecule has 2 rings (SSSR count). The highest BCUT2D eigenvalue weighted by atomic mass is 16.5. The van der Waals surface area contributed by atoms with E-state index < -0.39 is 0 Å². The molecule has 0 spiro atoms. The normalized spacial score (nSPS) is 23.1. The number of rotatable bonds is 5. The predicted octanol–water partition coefficient (Wildman–Crippen LogP) is 4.77. The van der Waals surface area contributed by atoms with Crippen molar-refractivity contribution in [1.82, 2.24) is 0 Å².